The van der Waals surface area contributed by atoms with Gasteiger partial charge in [0.25, 0.3) is 5.56 Å². The van der Waals surface area contributed by atoms with E-state index in [1.54, 1.807) is 0 Å². The molecule has 3 atom stereocenters. The number of amides is 1. The second-order valence-electron chi connectivity index (χ2n) is 6.06. The van der Waals surface area contributed by atoms with Gasteiger partial charge in [-0.2, -0.15) is 0 Å². The van der Waals surface area contributed by atoms with Crippen LogP contribution >= 0.6 is 0 Å². The molecule has 3 N–H and O–H groups in total. The van der Waals surface area contributed by atoms with Crippen LogP contribution in [0.2, 0.25) is 0 Å². The lowest BCUT2D eigenvalue weighted by Gasteiger charge is -2.18. The summed E-state index contributed by atoms with van der Waals surface area (Å²) >= 11 is 0. The zero-order valence-corrected chi connectivity index (χ0v) is 14.0. The Morgan fingerprint density at radius 3 is 2.68 bits per heavy atom. The Morgan fingerprint density at radius 1 is 1.44 bits per heavy atom. The average Bonchev–Trinajstić information content (AvgIpc) is 2.89. The number of ether oxygens (including phenoxy) is 1. The largest absolute Gasteiger partial charge is 0.394 e. The molecule has 0 aromatic carbocycles. The first-order valence-corrected chi connectivity index (χ1v) is 7.75. The molecule has 1 aromatic rings. The number of H-pyrrole nitrogens is 1. The van der Waals surface area contributed by atoms with Gasteiger partial charge in [0.15, 0.2) is 0 Å². The summed E-state index contributed by atoms with van der Waals surface area (Å²) in [5.41, 5.74) is -1.24. The van der Waals surface area contributed by atoms with Crippen molar-refractivity contribution in [3.05, 3.63) is 32.6 Å². The highest BCUT2D eigenvalue weighted by Gasteiger charge is 2.35. The summed E-state index contributed by atoms with van der Waals surface area (Å²) in [5.74, 6) is -0.739. The maximum atomic E-state index is 12.0. The lowest BCUT2D eigenvalue weighted by Crippen LogP contribution is -2.37. The summed E-state index contributed by atoms with van der Waals surface area (Å²) in [4.78, 5) is 50.2. The van der Waals surface area contributed by atoms with E-state index in [9.17, 15) is 24.3 Å². The van der Waals surface area contributed by atoms with Crippen molar-refractivity contribution in [2.45, 2.75) is 44.7 Å². The first kappa shape index (κ1) is 19.0. The molecule has 0 radical (unpaired) electrons. The fourth-order valence-corrected chi connectivity index (χ4v) is 2.60. The highest BCUT2D eigenvalue weighted by molar-refractivity contribution is 5.96. The Labute approximate surface area is 142 Å². The number of ketones is 1. The number of hydrogen-bond donors (Lipinski definition) is 3. The van der Waals surface area contributed by atoms with E-state index in [1.165, 1.54) is 25.1 Å². The second-order valence-corrected chi connectivity index (χ2v) is 6.06. The molecule has 1 saturated heterocycles. The minimum atomic E-state index is -0.933. The van der Waals surface area contributed by atoms with Gasteiger partial charge in [-0.25, -0.2) is 4.79 Å². The number of aliphatic hydroxyl groups excluding tert-OH is 2. The molecular formula is C15H21N3O7. The van der Waals surface area contributed by atoms with Crippen LogP contribution in [0.1, 0.15) is 31.6 Å². The van der Waals surface area contributed by atoms with Gasteiger partial charge < -0.3 is 19.8 Å². The zero-order valence-electron chi connectivity index (χ0n) is 14.0. The number of aliphatic hydroxyl groups is 2. The van der Waals surface area contributed by atoms with Crippen molar-refractivity contribution in [1.29, 1.82) is 0 Å². The number of nitrogens with zero attached hydrogens (tertiary/aromatic N) is 2. The first-order chi connectivity index (χ1) is 11.7. The Morgan fingerprint density at radius 2 is 2.12 bits per heavy atom. The molecule has 0 unspecified atom stereocenters. The number of hydrogen-bond acceptors (Lipinski definition) is 7. The van der Waals surface area contributed by atoms with Crippen LogP contribution in [-0.4, -0.2) is 62.2 Å². The van der Waals surface area contributed by atoms with Crippen LogP contribution in [0.25, 0.3) is 0 Å². The van der Waals surface area contributed by atoms with E-state index in [1.807, 2.05) is 0 Å². The van der Waals surface area contributed by atoms with Gasteiger partial charge in [-0.1, -0.05) is 0 Å². The van der Waals surface area contributed by atoms with Crippen molar-refractivity contribution < 1.29 is 24.5 Å². The van der Waals surface area contributed by atoms with Crippen molar-refractivity contribution in [2.75, 3.05) is 13.7 Å². The molecule has 138 valence electrons. The summed E-state index contributed by atoms with van der Waals surface area (Å²) < 4.78 is 6.52. The molecule has 2 rings (SSSR count). The molecule has 0 saturated carbocycles. The van der Waals surface area contributed by atoms with E-state index >= 15 is 0 Å². The molecule has 1 aromatic heterocycles. The molecule has 10 nitrogen and oxygen atoms in total. The third kappa shape index (κ3) is 4.41. The van der Waals surface area contributed by atoms with E-state index in [2.05, 4.69) is 4.98 Å². The predicted octanol–water partition coefficient (Wildman–Crippen LogP) is -1.89. The van der Waals surface area contributed by atoms with E-state index in [4.69, 9.17) is 9.84 Å². The quantitative estimate of drug-likeness (QED) is 0.507. The van der Waals surface area contributed by atoms with Crippen LogP contribution in [0.15, 0.2) is 15.8 Å². The lowest BCUT2D eigenvalue weighted by atomic mass is 10.2. The normalized spacial score (nSPS) is 22.8. The maximum Gasteiger partial charge on any atom is 0.330 e. The molecular weight excluding hydrogens is 334 g/mol. The van der Waals surface area contributed by atoms with Gasteiger partial charge in [0.1, 0.15) is 18.1 Å². The van der Waals surface area contributed by atoms with Gasteiger partial charge in [0.05, 0.1) is 31.2 Å². The standard InChI is InChI=1S/C15H21N3O7/c1-8(20)3-12(22)17(2)5-9-6-18(15(24)16-14(9)23)13-4-10(21)11(7-19)25-13/h6,10-11,13,19,21H,3-5,7H2,1-2H3,(H,16,23,24)/t10-,11+,13+/m0/s1. The van der Waals surface area contributed by atoms with E-state index in [0.29, 0.717) is 0 Å². The van der Waals surface area contributed by atoms with Crippen LogP contribution in [0, 0.1) is 0 Å². The van der Waals surface area contributed by atoms with Crippen molar-refractivity contribution >= 4 is 11.7 Å². The van der Waals surface area contributed by atoms with Crippen molar-refractivity contribution in [1.82, 2.24) is 14.5 Å². The molecule has 0 aliphatic carbocycles. The number of Topliss-reactive ketones (excluding diaryl/α,β-unsaturated/α-hetero) is 1. The number of aromatic nitrogens is 2. The Balaban J connectivity index is 2.23. The smallest absolute Gasteiger partial charge is 0.330 e. The number of rotatable bonds is 6. The molecule has 25 heavy (non-hydrogen) atoms. The van der Waals surface area contributed by atoms with Gasteiger partial charge in [0.2, 0.25) is 5.91 Å². The molecule has 0 spiro atoms. The minimum absolute atomic E-state index is 0.0791. The van der Waals surface area contributed by atoms with Gasteiger partial charge in [-0.15, -0.1) is 0 Å². The van der Waals surface area contributed by atoms with Gasteiger partial charge in [-0.3, -0.25) is 23.9 Å². The summed E-state index contributed by atoms with van der Waals surface area (Å²) in [6.45, 7) is 0.796. The Kier molecular flexibility index (Phi) is 5.88. The maximum absolute atomic E-state index is 12.0. The molecule has 10 heteroatoms. The van der Waals surface area contributed by atoms with Crippen molar-refractivity contribution in [2.24, 2.45) is 0 Å². The van der Waals surface area contributed by atoms with Crippen LogP contribution < -0.4 is 11.2 Å². The molecule has 1 fully saturated rings. The molecule has 1 aliphatic heterocycles. The minimum Gasteiger partial charge on any atom is -0.394 e. The highest BCUT2D eigenvalue weighted by atomic mass is 16.5. The van der Waals surface area contributed by atoms with Gasteiger partial charge in [-0.05, 0) is 6.92 Å². The lowest BCUT2D eigenvalue weighted by molar-refractivity contribution is -0.134. The van der Waals surface area contributed by atoms with Crippen LogP contribution in [0.4, 0.5) is 0 Å². The summed E-state index contributed by atoms with van der Waals surface area (Å²) in [5, 5.41) is 18.9. The van der Waals surface area contributed by atoms with Crippen LogP contribution in [-0.2, 0) is 20.9 Å². The van der Waals surface area contributed by atoms with E-state index < -0.39 is 42.2 Å². The van der Waals surface area contributed by atoms with Gasteiger partial charge in [0, 0.05) is 19.7 Å². The number of nitrogens with one attached hydrogen (secondary N) is 1. The third-order valence-corrected chi connectivity index (χ3v) is 3.97. The average molecular weight is 355 g/mol. The van der Waals surface area contributed by atoms with Crippen molar-refractivity contribution in [3.63, 3.8) is 0 Å². The van der Waals surface area contributed by atoms with E-state index in [-0.39, 0.29) is 30.7 Å². The molecule has 2 heterocycles. The van der Waals surface area contributed by atoms with Crippen LogP contribution in [0.5, 0.6) is 0 Å². The van der Waals surface area contributed by atoms with Crippen LogP contribution in [0.3, 0.4) is 0 Å². The molecule has 0 bridgehead atoms. The van der Waals surface area contributed by atoms with Gasteiger partial charge >= 0.3 is 5.69 Å². The molecule has 1 amide bonds. The fourth-order valence-electron chi connectivity index (χ4n) is 2.60. The highest BCUT2D eigenvalue weighted by Crippen LogP contribution is 2.27. The summed E-state index contributed by atoms with van der Waals surface area (Å²) in [6, 6.07) is 0. The zero-order chi connectivity index (χ0) is 18.7. The van der Waals surface area contributed by atoms with E-state index in [0.717, 1.165) is 4.57 Å². The SMILES string of the molecule is CC(=O)CC(=O)N(C)Cc1cn([C@H]2C[C@H](O)[C@@H](CO)O2)c(=O)[nH]c1=O. The number of carbonyl (C=O) groups excluding carboxylic acids is 2. The fraction of sp³-hybridized carbons (Fsp3) is 0.600. The number of aromatic amines is 1. The molecule has 1 aliphatic rings. The number of carbonyl (C=O) groups is 2. The Bertz CT molecular complexity index is 769. The Hall–Kier alpha value is -2.30. The first-order valence-electron chi connectivity index (χ1n) is 7.75. The second kappa shape index (κ2) is 7.72. The van der Waals surface area contributed by atoms with Crippen molar-refractivity contribution in [3.8, 4) is 0 Å². The predicted molar refractivity (Wildman–Crippen MR) is 84.7 cm³/mol. The monoisotopic (exact) mass is 355 g/mol. The summed E-state index contributed by atoms with van der Waals surface area (Å²) in [7, 11) is 1.44. The summed E-state index contributed by atoms with van der Waals surface area (Å²) in [6.07, 6.45) is -1.52. The third-order valence-electron chi connectivity index (χ3n) is 3.97. The topological polar surface area (TPSA) is 142 Å².